The van der Waals surface area contributed by atoms with E-state index in [1.807, 2.05) is 6.92 Å². The van der Waals surface area contributed by atoms with Crippen molar-refractivity contribution in [2.24, 2.45) is 0 Å². The van der Waals surface area contributed by atoms with Crippen LogP contribution < -0.4 is 0 Å². The maximum absolute atomic E-state index is 11.7. The Kier molecular flexibility index (Phi) is 4.42. The normalized spacial score (nSPS) is 24.9. The van der Waals surface area contributed by atoms with E-state index in [0.717, 1.165) is 5.76 Å². The van der Waals surface area contributed by atoms with Gasteiger partial charge in [-0.15, -0.1) is 11.6 Å². The molecule has 0 saturated heterocycles. The number of halogens is 1. The second-order valence-corrected chi connectivity index (χ2v) is 4.24. The highest BCUT2D eigenvalue weighted by molar-refractivity contribution is 6.36. The molecule has 1 aliphatic rings. The zero-order chi connectivity index (χ0) is 12.2. The first-order valence-corrected chi connectivity index (χ1v) is 5.81. The van der Waals surface area contributed by atoms with E-state index in [-0.39, 0.29) is 0 Å². The van der Waals surface area contributed by atoms with Gasteiger partial charge in [0.25, 0.3) is 0 Å². The molecule has 0 heterocycles. The summed E-state index contributed by atoms with van der Waals surface area (Å²) in [5.41, 5.74) is 0.544. The Balaban J connectivity index is 2.79. The quantitative estimate of drug-likeness (QED) is 0.564. The monoisotopic (exact) mass is 244 g/mol. The number of esters is 1. The molecule has 0 aromatic carbocycles. The Morgan fingerprint density at radius 2 is 2.25 bits per heavy atom. The number of carbonyl (C=O) groups is 1. The highest BCUT2D eigenvalue weighted by atomic mass is 35.5. The van der Waals surface area contributed by atoms with Gasteiger partial charge < -0.3 is 9.47 Å². The SMILES string of the molecule is C=C1C=C(OCC)CCC1(Cl)C(=O)OCC. The molecule has 0 aromatic heterocycles. The maximum atomic E-state index is 11.7. The van der Waals surface area contributed by atoms with Crippen molar-refractivity contribution in [3.05, 3.63) is 24.0 Å². The lowest BCUT2D eigenvalue weighted by molar-refractivity contribution is -0.145. The van der Waals surface area contributed by atoms with E-state index >= 15 is 0 Å². The molecule has 0 N–H and O–H groups in total. The molecule has 0 spiro atoms. The minimum atomic E-state index is -1.11. The van der Waals surface area contributed by atoms with Gasteiger partial charge in [-0.25, -0.2) is 4.79 Å². The number of alkyl halides is 1. The van der Waals surface area contributed by atoms with Crippen molar-refractivity contribution in [3.63, 3.8) is 0 Å². The third-order valence-corrected chi connectivity index (χ3v) is 3.07. The third-order valence-electron chi connectivity index (χ3n) is 2.49. The third kappa shape index (κ3) is 2.59. The van der Waals surface area contributed by atoms with Crippen molar-refractivity contribution in [2.45, 2.75) is 31.6 Å². The first-order chi connectivity index (χ1) is 7.54. The van der Waals surface area contributed by atoms with Crippen LogP contribution in [0.5, 0.6) is 0 Å². The van der Waals surface area contributed by atoms with E-state index in [1.54, 1.807) is 13.0 Å². The molecule has 1 aliphatic carbocycles. The van der Waals surface area contributed by atoms with Crippen LogP contribution in [0.4, 0.5) is 0 Å². The second kappa shape index (κ2) is 5.39. The van der Waals surface area contributed by atoms with Crippen LogP contribution in [0.25, 0.3) is 0 Å². The van der Waals surface area contributed by atoms with Gasteiger partial charge in [-0.05, 0) is 31.9 Å². The maximum Gasteiger partial charge on any atom is 0.331 e. The summed E-state index contributed by atoms with van der Waals surface area (Å²) < 4.78 is 10.3. The van der Waals surface area contributed by atoms with Crippen molar-refractivity contribution in [1.29, 1.82) is 0 Å². The first-order valence-electron chi connectivity index (χ1n) is 5.43. The van der Waals surface area contributed by atoms with Crippen LogP contribution in [0.3, 0.4) is 0 Å². The minimum absolute atomic E-state index is 0.322. The van der Waals surface area contributed by atoms with Gasteiger partial charge in [-0.3, -0.25) is 0 Å². The Bertz CT molecular complexity index is 322. The first kappa shape index (κ1) is 13.1. The molecule has 90 valence electrons. The molecule has 0 aromatic rings. The average molecular weight is 245 g/mol. The minimum Gasteiger partial charge on any atom is -0.498 e. The van der Waals surface area contributed by atoms with E-state index in [1.165, 1.54) is 0 Å². The fourth-order valence-corrected chi connectivity index (χ4v) is 1.82. The lowest BCUT2D eigenvalue weighted by atomic mass is 9.88. The van der Waals surface area contributed by atoms with E-state index in [9.17, 15) is 4.79 Å². The Morgan fingerprint density at radius 1 is 1.56 bits per heavy atom. The van der Waals surface area contributed by atoms with Crippen LogP contribution in [0.1, 0.15) is 26.7 Å². The van der Waals surface area contributed by atoms with Gasteiger partial charge in [0.1, 0.15) is 0 Å². The van der Waals surface area contributed by atoms with Crippen molar-refractivity contribution < 1.29 is 14.3 Å². The summed E-state index contributed by atoms with van der Waals surface area (Å²) in [7, 11) is 0. The van der Waals surface area contributed by atoms with Gasteiger partial charge in [0, 0.05) is 6.42 Å². The summed E-state index contributed by atoms with van der Waals surface area (Å²) in [6.45, 7) is 8.41. The van der Waals surface area contributed by atoms with Crippen LogP contribution in [0.15, 0.2) is 24.0 Å². The largest absolute Gasteiger partial charge is 0.498 e. The molecule has 1 rings (SSSR count). The highest BCUT2D eigenvalue weighted by Crippen LogP contribution is 2.38. The molecule has 0 amide bonds. The average Bonchev–Trinajstić information content (AvgIpc) is 2.24. The lowest BCUT2D eigenvalue weighted by Crippen LogP contribution is -2.37. The molecule has 1 atom stereocenters. The van der Waals surface area contributed by atoms with Crippen LogP contribution in [-0.2, 0) is 14.3 Å². The molecule has 0 saturated carbocycles. The molecule has 0 aliphatic heterocycles. The van der Waals surface area contributed by atoms with Crippen LogP contribution in [0, 0.1) is 0 Å². The fourth-order valence-electron chi connectivity index (χ4n) is 1.61. The number of carbonyl (C=O) groups excluding carboxylic acids is 1. The molecule has 4 heteroatoms. The van der Waals surface area contributed by atoms with Crippen molar-refractivity contribution in [1.82, 2.24) is 0 Å². The summed E-state index contributed by atoms with van der Waals surface area (Å²) in [6, 6.07) is 0. The van der Waals surface area contributed by atoms with E-state index in [2.05, 4.69) is 6.58 Å². The zero-order valence-corrected chi connectivity index (χ0v) is 10.5. The fraction of sp³-hybridized carbons (Fsp3) is 0.583. The predicted molar refractivity (Wildman–Crippen MR) is 63.3 cm³/mol. The topological polar surface area (TPSA) is 35.5 Å². The summed E-state index contributed by atoms with van der Waals surface area (Å²) in [4.78, 5) is 10.6. The van der Waals surface area contributed by atoms with Crippen molar-refractivity contribution in [3.8, 4) is 0 Å². The van der Waals surface area contributed by atoms with E-state index < -0.39 is 10.8 Å². The van der Waals surface area contributed by atoms with E-state index in [4.69, 9.17) is 21.1 Å². The van der Waals surface area contributed by atoms with Crippen molar-refractivity contribution in [2.75, 3.05) is 13.2 Å². The lowest BCUT2D eigenvalue weighted by Gasteiger charge is -2.29. The highest BCUT2D eigenvalue weighted by Gasteiger charge is 2.42. The van der Waals surface area contributed by atoms with Gasteiger partial charge in [0.05, 0.1) is 19.0 Å². The molecule has 1 unspecified atom stereocenters. The van der Waals surface area contributed by atoms with Crippen molar-refractivity contribution >= 4 is 17.6 Å². The second-order valence-electron chi connectivity index (χ2n) is 3.59. The molecular formula is C12H17ClO3. The smallest absolute Gasteiger partial charge is 0.331 e. The predicted octanol–water partition coefficient (Wildman–Crippen LogP) is 2.80. The standard InChI is InChI=1S/C12H17ClO3/c1-4-15-10-6-7-12(13,9(3)8-10)11(14)16-5-2/h8H,3-7H2,1-2H3. The van der Waals surface area contributed by atoms with Crippen LogP contribution in [0.2, 0.25) is 0 Å². The van der Waals surface area contributed by atoms with Gasteiger partial charge >= 0.3 is 5.97 Å². The molecule has 16 heavy (non-hydrogen) atoms. The number of allylic oxidation sites excluding steroid dienone is 2. The number of ether oxygens (including phenoxy) is 2. The summed E-state index contributed by atoms with van der Waals surface area (Å²) in [5, 5.41) is 0. The summed E-state index contributed by atoms with van der Waals surface area (Å²) >= 11 is 6.25. The van der Waals surface area contributed by atoms with Crippen LogP contribution in [-0.4, -0.2) is 24.1 Å². The number of rotatable bonds is 4. The van der Waals surface area contributed by atoms with Gasteiger partial charge in [-0.1, -0.05) is 6.58 Å². The Morgan fingerprint density at radius 3 is 2.75 bits per heavy atom. The zero-order valence-electron chi connectivity index (χ0n) is 9.72. The van der Waals surface area contributed by atoms with Gasteiger partial charge in [-0.2, -0.15) is 0 Å². The van der Waals surface area contributed by atoms with Gasteiger partial charge in [0.15, 0.2) is 4.87 Å². The molecule has 3 nitrogen and oxygen atoms in total. The molecule has 0 bridgehead atoms. The summed E-state index contributed by atoms with van der Waals surface area (Å²) in [6.07, 6.45) is 2.84. The molecule has 0 fully saturated rings. The van der Waals surface area contributed by atoms with E-state index in [0.29, 0.717) is 31.6 Å². The van der Waals surface area contributed by atoms with Gasteiger partial charge in [0.2, 0.25) is 0 Å². The van der Waals surface area contributed by atoms with Crippen LogP contribution >= 0.6 is 11.6 Å². The molecule has 0 radical (unpaired) electrons. The summed E-state index contributed by atoms with van der Waals surface area (Å²) in [5.74, 6) is 0.404. The number of hydrogen-bond acceptors (Lipinski definition) is 3. The Labute approximate surface area is 101 Å². The Hall–Kier alpha value is -0.960. The molecular weight excluding hydrogens is 228 g/mol. The number of hydrogen-bond donors (Lipinski definition) is 0.